The average molecular weight is 387 g/mol. The fourth-order valence-corrected chi connectivity index (χ4v) is 2.92. The van der Waals surface area contributed by atoms with Crippen molar-refractivity contribution in [1.82, 2.24) is 29.3 Å². The molecular formula is C19H13N7O3. The quantitative estimate of drug-likeness (QED) is 0.406. The maximum absolute atomic E-state index is 12.5. The molecule has 4 heterocycles. The summed E-state index contributed by atoms with van der Waals surface area (Å²) in [6.45, 7) is 0. The molecule has 4 aromatic heterocycles. The molecule has 5 aromatic rings. The van der Waals surface area contributed by atoms with Gasteiger partial charge in [-0.2, -0.15) is 4.98 Å². The predicted octanol–water partition coefficient (Wildman–Crippen LogP) is 2.41. The van der Waals surface area contributed by atoms with Crippen molar-refractivity contribution in [3.05, 3.63) is 72.4 Å². The summed E-state index contributed by atoms with van der Waals surface area (Å²) in [5.41, 5.74) is 2.00. The van der Waals surface area contributed by atoms with E-state index in [0.717, 1.165) is 0 Å². The van der Waals surface area contributed by atoms with Crippen LogP contribution in [0.15, 0.2) is 61.2 Å². The Kier molecular flexibility index (Phi) is 3.80. The monoisotopic (exact) mass is 387 g/mol. The number of esters is 1. The second-order valence-corrected chi connectivity index (χ2v) is 6.12. The van der Waals surface area contributed by atoms with Crippen LogP contribution in [0.3, 0.4) is 0 Å². The summed E-state index contributed by atoms with van der Waals surface area (Å²) < 4.78 is 7.04. The third kappa shape index (κ3) is 3.08. The van der Waals surface area contributed by atoms with Gasteiger partial charge in [-0.05, 0) is 24.3 Å². The Morgan fingerprint density at radius 2 is 2.03 bits per heavy atom. The van der Waals surface area contributed by atoms with Crippen LogP contribution < -0.4 is 10.1 Å². The number of carbonyl (C=O) groups excluding carboxylic acids is 2. The molecule has 0 fully saturated rings. The number of nitrogens with one attached hydrogen (secondary N) is 3. The number of amides is 1. The van der Waals surface area contributed by atoms with Gasteiger partial charge < -0.3 is 19.1 Å². The van der Waals surface area contributed by atoms with Crippen molar-refractivity contribution in [1.29, 1.82) is 0 Å². The molecule has 1 aromatic carbocycles. The molecule has 5 rings (SSSR count). The molecule has 142 valence electrons. The van der Waals surface area contributed by atoms with Crippen molar-refractivity contribution in [2.75, 3.05) is 5.32 Å². The lowest BCUT2D eigenvalue weighted by Crippen LogP contribution is -2.13. The van der Waals surface area contributed by atoms with E-state index in [1.807, 2.05) is 12.1 Å². The number of anilines is 1. The Morgan fingerprint density at radius 1 is 1.10 bits per heavy atom. The highest BCUT2D eigenvalue weighted by Gasteiger charge is 2.18. The van der Waals surface area contributed by atoms with Crippen molar-refractivity contribution < 1.29 is 14.3 Å². The van der Waals surface area contributed by atoms with E-state index >= 15 is 0 Å². The average Bonchev–Trinajstić information content (AvgIpc) is 3.46. The molecule has 0 saturated carbocycles. The van der Waals surface area contributed by atoms with Crippen molar-refractivity contribution in [2.45, 2.75) is 0 Å². The molecule has 0 atom stereocenters. The summed E-state index contributed by atoms with van der Waals surface area (Å²) >= 11 is 0. The van der Waals surface area contributed by atoms with E-state index in [4.69, 9.17) is 4.74 Å². The van der Waals surface area contributed by atoms with Crippen LogP contribution in [0.5, 0.6) is 6.01 Å². The Morgan fingerprint density at radius 3 is 2.86 bits per heavy atom. The van der Waals surface area contributed by atoms with Crippen molar-refractivity contribution in [2.24, 2.45) is 0 Å². The molecule has 0 saturated heterocycles. The van der Waals surface area contributed by atoms with Gasteiger partial charge in [0.15, 0.2) is 5.69 Å². The summed E-state index contributed by atoms with van der Waals surface area (Å²) in [7, 11) is 0. The second kappa shape index (κ2) is 6.60. The van der Waals surface area contributed by atoms with E-state index in [0.29, 0.717) is 28.2 Å². The lowest BCUT2D eigenvalue weighted by molar-refractivity contribution is 0.0716. The van der Waals surface area contributed by atoms with Gasteiger partial charge in [-0.1, -0.05) is 12.1 Å². The van der Waals surface area contributed by atoms with Crippen LogP contribution in [-0.2, 0) is 0 Å². The van der Waals surface area contributed by atoms with Crippen LogP contribution in [0.2, 0.25) is 0 Å². The van der Waals surface area contributed by atoms with Gasteiger partial charge in [-0.3, -0.25) is 10.1 Å². The number of aromatic amines is 2. The number of fused-ring (bicyclic) bond motifs is 2. The largest absolute Gasteiger partial charge is 0.387 e. The number of nitrogens with zero attached hydrogens (tertiary/aromatic N) is 4. The zero-order valence-electron chi connectivity index (χ0n) is 14.8. The predicted molar refractivity (Wildman–Crippen MR) is 103 cm³/mol. The van der Waals surface area contributed by atoms with Crippen LogP contribution >= 0.6 is 0 Å². The third-order valence-corrected chi connectivity index (χ3v) is 4.23. The van der Waals surface area contributed by atoms with Gasteiger partial charge in [0.05, 0.1) is 11.1 Å². The first kappa shape index (κ1) is 16.7. The highest BCUT2D eigenvalue weighted by Crippen LogP contribution is 2.21. The summed E-state index contributed by atoms with van der Waals surface area (Å²) in [4.78, 5) is 43.1. The zero-order valence-corrected chi connectivity index (χ0v) is 14.8. The molecule has 0 radical (unpaired) electrons. The number of para-hydroxylation sites is 1. The molecule has 10 nitrogen and oxygen atoms in total. The number of H-pyrrole nitrogens is 2. The first-order valence-corrected chi connectivity index (χ1v) is 8.63. The summed E-state index contributed by atoms with van der Waals surface area (Å²) in [5, 5.41) is 2.64. The van der Waals surface area contributed by atoms with Crippen LogP contribution in [0.25, 0.3) is 16.7 Å². The molecule has 1 amide bonds. The maximum atomic E-state index is 12.5. The smallest absolute Gasteiger partial charge is 0.366 e. The van der Waals surface area contributed by atoms with Gasteiger partial charge in [-0.25, -0.2) is 14.8 Å². The van der Waals surface area contributed by atoms with E-state index in [9.17, 15) is 9.59 Å². The first-order chi connectivity index (χ1) is 14.2. The first-order valence-electron chi connectivity index (χ1n) is 8.63. The number of benzene rings is 1. The number of hydrogen-bond acceptors (Lipinski definition) is 6. The maximum Gasteiger partial charge on any atom is 0.366 e. The normalized spacial score (nSPS) is 11.0. The Labute approximate surface area is 162 Å². The summed E-state index contributed by atoms with van der Waals surface area (Å²) in [6, 6.07) is 10.5. The molecule has 29 heavy (non-hydrogen) atoms. The van der Waals surface area contributed by atoms with Gasteiger partial charge >= 0.3 is 12.0 Å². The van der Waals surface area contributed by atoms with Crippen molar-refractivity contribution in [3.63, 3.8) is 0 Å². The molecule has 0 spiro atoms. The molecule has 0 aliphatic carbocycles. The SMILES string of the molecule is O=C(Oc1nc2c(C(=O)Nc3ncc[nH]3)cccc2[nH]1)c1cn2ccccc2n1. The fraction of sp³-hybridized carbons (Fsp3) is 0. The Bertz CT molecular complexity index is 1320. The van der Waals surface area contributed by atoms with Crippen LogP contribution in [0.4, 0.5) is 5.95 Å². The number of ether oxygens (including phenoxy) is 1. The fourth-order valence-electron chi connectivity index (χ4n) is 2.92. The van der Waals surface area contributed by atoms with Gasteiger partial charge in [0, 0.05) is 24.8 Å². The molecule has 0 aliphatic heterocycles. The minimum Gasteiger partial charge on any atom is -0.387 e. The highest BCUT2D eigenvalue weighted by molar-refractivity contribution is 6.11. The van der Waals surface area contributed by atoms with Crippen molar-refractivity contribution >= 4 is 34.5 Å². The minimum atomic E-state index is -0.658. The van der Waals surface area contributed by atoms with E-state index in [1.54, 1.807) is 47.3 Å². The van der Waals surface area contributed by atoms with Crippen molar-refractivity contribution in [3.8, 4) is 6.01 Å². The van der Waals surface area contributed by atoms with E-state index < -0.39 is 11.9 Å². The zero-order chi connectivity index (χ0) is 19.8. The molecule has 0 aliphatic rings. The molecular weight excluding hydrogens is 374 g/mol. The third-order valence-electron chi connectivity index (χ3n) is 4.23. The Balaban J connectivity index is 1.42. The van der Waals surface area contributed by atoms with Crippen LogP contribution in [0.1, 0.15) is 20.8 Å². The molecule has 10 heteroatoms. The lowest BCUT2D eigenvalue weighted by atomic mass is 10.2. The van der Waals surface area contributed by atoms with Crippen LogP contribution in [0, 0.1) is 0 Å². The standard InChI is InChI=1S/C19H13N7O3/c27-16(25-18-20-7-8-21-18)11-4-3-5-12-15(11)24-19(23-12)29-17(28)13-10-26-9-2-1-6-14(26)22-13/h1-10H,(H,23,24)(H2,20,21,25,27). The van der Waals surface area contributed by atoms with Gasteiger partial charge in [0.25, 0.3) is 5.91 Å². The second-order valence-electron chi connectivity index (χ2n) is 6.12. The number of rotatable bonds is 4. The van der Waals surface area contributed by atoms with E-state index in [-0.39, 0.29) is 11.7 Å². The summed E-state index contributed by atoms with van der Waals surface area (Å²) in [5.74, 6) is -0.731. The molecule has 3 N–H and O–H groups in total. The van der Waals surface area contributed by atoms with Crippen LogP contribution in [-0.4, -0.2) is 41.2 Å². The minimum absolute atomic E-state index is 0.0275. The number of hydrogen-bond donors (Lipinski definition) is 3. The number of carbonyl (C=O) groups is 2. The highest BCUT2D eigenvalue weighted by atomic mass is 16.5. The lowest BCUT2D eigenvalue weighted by Gasteiger charge is -2.02. The molecule has 0 unspecified atom stereocenters. The van der Waals surface area contributed by atoms with Gasteiger partial charge in [0.1, 0.15) is 11.2 Å². The topological polar surface area (TPSA) is 130 Å². The van der Waals surface area contributed by atoms with E-state index in [1.165, 1.54) is 6.20 Å². The van der Waals surface area contributed by atoms with Gasteiger partial charge in [-0.15, -0.1) is 0 Å². The summed E-state index contributed by atoms with van der Waals surface area (Å²) in [6.07, 6.45) is 6.48. The Hall–Kier alpha value is -4.47. The number of pyridine rings is 1. The van der Waals surface area contributed by atoms with E-state index in [2.05, 4.69) is 30.2 Å². The molecule has 0 bridgehead atoms. The number of aromatic nitrogens is 6. The number of imidazole rings is 3. The van der Waals surface area contributed by atoms with Gasteiger partial charge in [0.2, 0.25) is 5.95 Å².